The number of rotatable bonds is 8. The molecule has 0 saturated heterocycles. The van der Waals surface area contributed by atoms with E-state index in [2.05, 4.69) is 32.4 Å². The van der Waals surface area contributed by atoms with Crippen molar-refractivity contribution in [1.29, 1.82) is 0 Å². The first-order valence-electron chi connectivity index (χ1n) is 7.20. The fraction of sp³-hybridized carbons (Fsp3) is 0.929. The third-order valence-electron chi connectivity index (χ3n) is 3.03. The lowest BCUT2D eigenvalue weighted by Crippen LogP contribution is -2.49. The van der Waals surface area contributed by atoms with E-state index in [9.17, 15) is 9.90 Å². The van der Waals surface area contributed by atoms with Crippen molar-refractivity contribution < 1.29 is 19.1 Å². The maximum absolute atomic E-state index is 9.27. The topological polar surface area (TPSA) is 49.4 Å². The van der Waals surface area contributed by atoms with Gasteiger partial charge in [0.25, 0.3) is 6.16 Å². The Labute approximate surface area is 113 Å². The summed E-state index contributed by atoms with van der Waals surface area (Å²) < 4.78 is 5.20. The van der Waals surface area contributed by atoms with Crippen molar-refractivity contribution in [3.05, 3.63) is 0 Å². The first-order valence-corrected chi connectivity index (χ1v) is 7.20. The molecule has 0 unspecified atom stereocenters. The fourth-order valence-corrected chi connectivity index (χ4v) is 2.35. The Bertz CT molecular complexity index is 178. The molecule has 18 heavy (non-hydrogen) atoms. The first kappa shape index (κ1) is 19.6. The molecule has 0 rings (SSSR count). The highest BCUT2D eigenvalue weighted by atomic mass is 16.7. The minimum absolute atomic E-state index is 0.169. The SMILES string of the molecule is CCC[N+](CC)(CCC)CCC.CCOC(=O)[O-]. The van der Waals surface area contributed by atoms with Crippen LogP contribution in [0.3, 0.4) is 0 Å². The fourth-order valence-electron chi connectivity index (χ4n) is 2.35. The number of carbonyl (C=O) groups excluding carboxylic acids is 1. The van der Waals surface area contributed by atoms with Crippen molar-refractivity contribution in [3.8, 4) is 0 Å². The molecule has 0 aromatic heterocycles. The molecule has 0 aliphatic rings. The van der Waals surface area contributed by atoms with Crippen molar-refractivity contribution in [2.75, 3.05) is 32.8 Å². The minimum atomic E-state index is -1.46. The van der Waals surface area contributed by atoms with Crippen LogP contribution in [0.4, 0.5) is 4.79 Å². The highest BCUT2D eigenvalue weighted by molar-refractivity contribution is 5.53. The molecule has 0 aliphatic carbocycles. The summed E-state index contributed by atoms with van der Waals surface area (Å²) in [5, 5.41) is 9.27. The zero-order valence-corrected chi connectivity index (χ0v) is 12.8. The van der Waals surface area contributed by atoms with E-state index < -0.39 is 6.16 Å². The van der Waals surface area contributed by atoms with Gasteiger partial charge in [0.1, 0.15) is 0 Å². The van der Waals surface area contributed by atoms with Crippen molar-refractivity contribution in [1.82, 2.24) is 0 Å². The van der Waals surface area contributed by atoms with Crippen LogP contribution in [-0.4, -0.2) is 43.4 Å². The molecule has 0 amide bonds. The molecule has 0 bridgehead atoms. The molecule has 0 N–H and O–H groups in total. The maximum atomic E-state index is 9.27. The lowest BCUT2D eigenvalue weighted by Gasteiger charge is -2.37. The Hall–Kier alpha value is -0.770. The molecular formula is C14H31NO3. The first-order chi connectivity index (χ1) is 8.51. The van der Waals surface area contributed by atoms with Crippen molar-refractivity contribution in [3.63, 3.8) is 0 Å². The summed E-state index contributed by atoms with van der Waals surface area (Å²) >= 11 is 0. The molecular weight excluding hydrogens is 230 g/mol. The summed E-state index contributed by atoms with van der Waals surface area (Å²) in [7, 11) is 0. The number of hydrogen-bond donors (Lipinski definition) is 0. The summed E-state index contributed by atoms with van der Waals surface area (Å²) in [4.78, 5) is 9.27. The Morgan fingerprint density at radius 2 is 1.33 bits per heavy atom. The van der Waals surface area contributed by atoms with Crippen LogP contribution in [-0.2, 0) is 4.74 Å². The van der Waals surface area contributed by atoms with E-state index in [1.165, 1.54) is 49.9 Å². The summed E-state index contributed by atoms with van der Waals surface area (Å²) in [6.07, 6.45) is 2.52. The van der Waals surface area contributed by atoms with E-state index in [0.29, 0.717) is 0 Å². The Balaban J connectivity index is 0. The lowest BCUT2D eigenvalue weighted by molar-refractivity contribution is -0.926. The maximum Gasteiger partial charge on any atom is 0.251 e. The van der Waals surface area contributed by atoms with Gasteiger partial charge >= 0.3 is 0 Å². The second kappa shape index (κ2) is 12.7. The summed E-state index contributed by atoms with van der Waals surface area (Å²) in [6.45, 7) is 16.4. The highest BCUT2D eigenvalue weighted by Gasteiger charge is 2.21. The van der Waals surface area contributed by atoms with Crippen LogP contribution in [0.1, 0.15) is 53.9 Å². The molecule has 0 fully saturated rings. The van der Waals surface area contributed by atoms with Crippen LogP contribution in [0.15, 0.2) is 0 Å². The van der Waals surface area contributed by atoms with E-state index >= 15 is 0 Å². The van der Waals surface area contributed by atoms with Crippen LogP contribution in [0, 0.1) is 0 Å². The van der Waals surface area contributed by atoms with Crippen LogP contribution >= 0.6 is 0 Å². The Morgan fingerprint density at radius 1 is 0.944 bits per heavy atom. The average Bonchev–Trinajstić information content (AvgIpc) is 2.30. The lowest BCUT2D eigenvalue weighted by atomic mass is 10.2. The summed E-state index contributed by atoms with van der Waals surface area (Å²) in [5.74, 6) is 0. The van der Waals surface area contributed by atoms with Crippen LogP contribution < -0.4 is 5.11 Å². The molecule has 0 aromatic rings. The van der Waals surface area contributed by atoms with Crippen LogP contribution in [0.25, 0.3) is 0 Å². The van der Waals surface area contributed by atoms with E-state index in [4.69, 9.17) is 0 Å². The normalized spacial score (nSPS) is 10.5. The molecule has 0 heterocycles. The molecule has 0 aromatic carbocycles. The number of carbonyl (C=O) groups is 1. The second-order valence-corrected chi connectivity index (χ2v) is 4.51. The van der Waals surface area contributed by atoms with Gasteiger partial charge < -0.3 is 19.1 Å². The standard InChI is InChI=1S/C11H26N.C3H6O3/c1-5-9-12(8-4,10-6-2)11-7-3;1-2-6-3(4)5/h5-11H2,1-4H3;2H2,1H3,(H,4,5)/q+1;/p-1. The highest BCUT2D eigenvalue weighted by Crippen LogP contribution is 2.10. The molecule has 4 nitrogen and oxygen atoms in total. The van der Waals surface area contributed by atoms with Crippen LogP contribution in [0.2, 0.25) is 0 Å². The molecule has 4 heteroatoms. The minimum Gasteiger partial charge on any atom is -0.550 e. The van der Waals surface area contributed by atoms with Gasteiger partial charge in [-0.05, 0) is 33.1 Å². The third-order valence-corrected chi connectivity index (χ3v) is 3.03. The quantitative estimate of drug-likeness (QED) is 0.498. The van der Waals surface area contributed by atoms with Gasteiger partial charge in [-0.2, -0.15) is 0 Å². The molecule has 0 saturated carbocycles. The zero-order valence-electron chi connectivity index (χ0n) is 12.8. The predicted molar refractivity (Wildman–Crippen MR) is 73.3 cm³/mol. The molecule has 0 spiro atoms. The second-order valence-electron chi connectivity index (χ2n) is 4.51. The smallest absolute Gasteiger partial charge is 0.251 e. The van der Waals surface area contributed by atoms with Gasteiger partial charge in [-0.25, -0.2) is 0 Å². The predicted octanol–water partition coefficient (Wildman–Crippen LogP) is 2.42. The van der Waals surface area contributed by atoms with Crippen molar-refractivity contribution in [2.24, 2.45) is 0 Å². The van der Waals surface area contributed by atoms with E-state index in [1.807, 2.05) is 0 Å². The van der Waals surface area contributed by atoms with Gasteiger partial charge in [-0.3, -0.25) is 0 Å². The zero-order chi connectivity index (χ0) is 14.4. The van der Waals surface area contributed by atoms with Gasteiger partial charge in [0.05, 0.1) is 26.2 Å². The van der Waals surface area contributed by atoms with E-state index in [-0.39, 0.29) is 6.61 Å². The average molecular weight is 261 g/mol. The molecule has 0 radical (unpaired) electrons. The number of carboxylic acid groups (broad SMARTS) is 1. The summed E-state index contributed by atoms with van der Waals surface area (Å²) in [5.41, 5.74) is 0. The molecule has 0 atom stereocenters. The Kier molecular flexibility index (Phi) is 13.8. The van der Waals surface area contributed by atoms with Gasteiger partial charge in [0, 0.05) is 6.61 Å². The number of quaternary nitrogens is 1. The third kappa shape index (κ3) is 10.4. The number of hydrogen-bond acceptors (Lipinski definition) is 3. The van der Waals surface area contributed by atoms with Gasteiger partial charge in [-0.15, -0.1) is 0 Å². The van der Waals surface area contributed by atoms with Crippen molar-refractivity contribution in [2.45, 2.75) is 53.9 Å². The Morgan fingerprint density at radius 3 is 1.44 bits per heavy atom. The number of nitrogens with zero attached hydrogens (tertiary/aromatic N) is 1. The molecule has 0 aliphatic heterocycles. The molecule has 110 valence electrons. The largest absolute Gasteiger partial charge is 0.550 e. The number of ether oxygens (including phenoxy) is 1. The summed E-state index contributed by atoms with van der Waals surface area (Å²) in [6, 6.07) is 0. The van der Waals surface area contributed by atoms with Crippen molar-refractivity contribution >= 4 is 6.16 Å². The van der Waals surface area contributed by atoms with Gasteiger partial charge in [0.2, 0.25) is 0 Å². The monoisotopic (exact) mass is 261 g/mol. The van der Waals surface area contributed by atoms with Gasteiger partial charge in [-0.1, -0.05) is 20.8 Å². The van der Waals surface area contributed by atoms with Gasteiger partial charge in [0.15, 0.2) is 0 Å². The van der Waals surface area contributed by atoms with E-state index in [0.717, 1.165) is 0 Å². The van der Waals surface area contributed by atoms with E-state index in [1.54, 1.807) is 6.92 Å². The van der Waals surface area contributed by atoms with Crippen LogP contribution in [0.5, 0.6) is 0 Å².